The number of hydrogen-bond acceptors (Lipinski definition) is 4. The van der Waals surface area contributed by atoms with Crippen LogP contribution in [-0.4, -0.2) is 33.9 Å². The zero-order valence-electron chi connectivity index (χ0n) is 9.64. The molecule has 4 nitrogen and oxygen atoms in total. The first-order valence-corrected chi connectivity index (χ1v) is 6.46. The van der Waals surface area contributed by atoms with E-state index in [1.165, 1.54) is 7.11 Å². The van der Waals surface area contributed by atoms with Crippen LogP contribution in [0.25, 0.3) is 0 Å². The van der Waals surface area contributed by atoms with Gasteiger partial charge in [0.25, 0.3) is 0 Å². The Hall–Kier alpha value is -0.620. The third-order valence-electron chi connectivity index (χ3n) is 2.59. The Bertz CT molecular complexity index is 356. The van der Waals surface area contributed by atoms with Crippen LogP contribution < -0.4 is 4.74 Å². The average Bonchev–Trinajstić information content (AvgIpc) is 2.37. The van der Waals surface area contributed by atoms with Crippen LogP contribution >= 0.6 is 15.9 Å². The summed E-state index contributed by atoms with van der Waals surface area (Å²) < 4.78 is 5.10. The van der Waals surface area contributed by atoms with Gasteiger partial charge in [-0.25, -0.2) is 0 Å². The number of hydrogen-bond donors (Lipinski definition) is 3. The number of halogens is 1. The van der Waals surface area contributed by atoms with Gasteiger partial charge in [-0.2, -0.15) is 0 Å². The highest BCUT2D eigenvalue weighted by Crippen LogP contribution is 2.26. The summed E-state index contributed by atoms with van der Waals surface area (Å²) in [6.07, 6.45) is -1.31. The highest BCUT2D eigenvalue weighted by Gasteiger charge is 2.18. The van der Waals surface area contributed by atoms with Gasteiger partial charge in [-0.1, -0.05) is 28.1 Å². The molecule has 5 heteroatoms. The van der Waals surface area contributed by atoms with Crippen LogP contribution in [0.15, 0.2) is 18.2 Å². The highest BCUT2D eigenvalue weighted by molar-refractivity contribution is 9.09. The van der Waals surface area contributed by atoms with E-state index in [-0.39, 0.29) is 6.61 Å². The van der Waals surface area contributed by atoms with Gasteiger partial charge in [0.1, 0.15) is 11.9 Å². The van der Waals surface area contributed by atoms with Crippen LogP contribution in [0, 0.1) is 0 Å². The second-order valence-electron chi connectivity index (χ2n) is 3.72. The molecule has 2 unspecified atom stereocenters. The molecule has 2 atom stereocenters. The molecular weight excluding hydrogens is 288 g/mol. The smallest absolute Gasteiger partial charge is 0.124 e. The third kappa shape index (κ3) is 3.67. The summed E-state index contributed by atoms with van der Waals surface area (Å²) in [6.45, 7) is -0.122. The number of ether oxygens (including phenoxy) is 1. The van der Waals surface area contributed by atoms with Gasteiger partial charge in [0, 0.05) is 10.9 Å². The summed E-state index contributed by atoms with van der Waals surface area (Å²) in [4.78, 5) is 0. The molecular formula is C12H17BrO4. The standard InChI is InChI=1S/C12H17BrO4/c1-17-11-6-8(2-3-9(11)7-14)12(16)10(15)4-5-13/h2-3,6,10,12,14-16H,4-5,7H2,1H3. The van der Waals surface area contributed by atoms with E-state index in [9.17, 15) is 10.2 Å². The first-order valence-electron chi connectivity index (χ1n) is 5.33. The molecule has 1 rings (SSSR count). The van der Waals surface area contributed by atoms with Gasteiger partial charge in [0.05, 0.1) is 19.8 Å². The van der Waals surface area contributed by atoms with E-state index >= 15 is 0 Å². The molecule has 96 valence electrons. The van der Waals surface area contributed by atoms with Gasteiger partial charge in [-0.3, -0.25) is 0 Å². The van der Waals surface area contributed by atoms with Crippen LogP contribution in [-0.2, 0) is 6.61 Å². The maximum atomic E-state index is 9.91. The molecule has 0 aliphatic carbocycles. The molecule has 0 saturated heterocycles. The van der Waals surface area contributed by atoms with E-state index < -0.39 is 12.2 Å². The van der Waals surface area contributed by atoms with E-state index in [1.807, 2.05) is 0 Å². The first kappa shape index (κ1) is 14.4. The largest absolute Gasteiger partial charge is 0.496 e. The number of rotatable bonds is 6. The van der Waals surface area contributed by atoms with Crippen molar-refractivity contribution in [2.24, 2.45) is 0 Å². The minimum atomic E-state index is -0.950. The van der Waals surface area contributed by atoms with Gasteiger partial charge < -0.3 is 20.1 Å². The fraction of sp³-hybridized carbons (Fsp3) is 0.500. The second kappa shape index (κ2) is 6.96. The van der Waals surface area contributed by atoms with Crippen LogP contribution in [0.2, 0.25) is 0 Å². The van der Waals surface area contributed by atoms with Gasteiger partial charge in [-0.05, 0) is 18.1 Å². The summed E-state index contributed by atoms with van der Waals surface area (Å²) >= 11 is 3.21. The molecule has 0 aromatic heterocycles. The Morgan fingerprint density at radius 1 is 1.35 bits per heavy atom. The Labute approximate surface area is 109 Å². The lowest BCUT2D eigenvalue weighted by Gasteiger charge is -2.18. The van der Waals surface area contributed by atoms with Crippen molar-refractivity contribution in [3.63, 3.8) is 0 Å². The molecule has 0 fully saturated rings. The molecule has 1 aromatic carbocycles. The van der Waals surface area contributed by atoms with Crippen molar-refractivity contribution in [1.29, 1.82) is 0 Å². The molecule has 0 radical (unpaired) electrons. The summed E-state index contributed by atoms with van der Waals surface area (Å²) in [5, 5.41) is 29.3. The van der Waals surface area contributed by atoms with Gasteiger partial charge in [0.2, 0.25) is 0 Å². The molecule has 0 aliphatic heterocycles. The van der Waals surface area contributed by atoms with E-state index in [0.717, 1.165) is 0 Å². The predicted octanol–water partition coefficient (Wildman–Crippen LogP) is 1.37. The molecule has 0 saturated carbocycles. The van der Waals surface area contributed by atoms with Gasteiger partial charge in [0.15, 0.2) is 0 Å². The van der Waals surface area contributed by atoms with Crippen molar-refractivity contribution < 1.29 is 20.1 Å². The van der Waals surface area contributed by atoms with E-state index in [2.05, 4.69) is 15.9 Å². The topological polar surface area (TPSA) is 69.9 Å². The number of methoxy groups -OCH3 is 1. The quantitative estimate of drug-likeness (QED) is 0.694. The number of alkyl halides is 1. The molecule has 1 aromatic rings. The van der Waals surface area contributed by atoms with E-state index in [0.29, 0.717) is 28.6 Å². The van der Waals surface area contributed by atoms with Crippen molar-refractivity contribution in [3.8, 4) is 5.75 Å². The normalized spacial score (nSPS) is 14.4. The Balaban J connectivity index is 2.91. The molecule has 0 aliphatic rings. The highest BCUT2D eigenvalue weighted by atomic mass is 79.9. The summed E-state index contributed by atoms with van der Waals surface area (Å²) in [5.74, 6) is 0.509. The van der Waals surface area contributed by atoms with Crippen molar-refractivity contribution in [1.82, 2.24) is 0 Å². The minimum absolute atomic E-state index is 0.122. The van der Waals surface area contributed by atoms with Crippen molar-refractivity contribution in [3.05, 3.63) is 29.3 Å². The van der Waals surface area contributed by atoms with Crippen LogP contribution in [0.3, 0.4) is 0 Å². The maximum Gasteiger partial charge on any atom is 0.124 e. The van der Waals surface area contributed by atoms with Crippen molar-refractivity contribution in [2.45, 2.75) is 25.2 Å². The summed E-state index contributed by atoms with van der Waals surface area (Å²) in [6, 6.07) is 4.99. The molecule has 0 heterocycles. The van der Waals surface area contributed by atoms with Crippen LogP contribution in [0.1, 0.15) is 23.7 Å². The molecule has 0 bridgehead atoms. The van der Waals surface area contributed by atoms with Crippen molar-refractivity contribution in [2.75, 3.05) is 12.4 Å². The lowest BCUT2D eigenvalue weighted by molar-refractivity contribution is 0.0172. The van der Waals surface area contributed by atoms with E-state index in [1.54, 1.807) is 18.2 Å². The van der Waals surface area contributed by atoms with Gasteiger partial charge in [-0.15, -0.1) is 0 Å². The molecule has 0 amide bonds. The van der Waals surface area contributed by atoms with Crippen LogP contribution in [0.4, 0.5) is 0 Å². The predicted molar refractivity (Wildman–Crippen MR) is 68.3 cm³/mol. The van der Waals surface area contributed by atoms with Crippen LogP contribution in [0.5, 0.6) is 5.75 Å². The van der Waals surface area contributed by atoms with Crippen molar-refractivity contribution >= 4 is 15.9 Å². The minimum Gasteiger partial charge on any atom is -0.496 e. The molecule has 3 N–H and O–H groups in total. The zero-order valence-corrected chi connectivity index (χ0v) is 11.2. The zero-order chi connectivity index (χ0) is 12.8. The fourth-order valence-electron chi connectivity index (χ4n) is 1.57. The Morgan fingerprint density at radius 3 is 2.59 bits per heavy atom. The second-order valence-corrected chi connectivity index (χ2v) is 4.51. The lowest BCUT2D eigenvalue weighted by atomic mass is 10.0. The van der Waals surface area contributed by atoms with E-state index in [4.69, 9.17) is 9.84 Å². The number of aliphatic hydroxyl groups is 3. The summed E-state index contributed by atoms with van der Waals surface area (Å²) in [5.41, 5.74) is 1.23. The lowest BCUT2D eigenvalue weighted by Crippen LogP contribution is -2.18. The number of benzene rings is 1. The SMILES string of the molecule is COc1cc(C(O)C(O)CCBr)ccc1CO. The average molecular weight is 305 g/mol. The molecule has 0 spiro atoms. The maximum absolute atomic E-state index is 9.91. The summed E-state index contributed by atoms with van der Waals surface area (Å²) in [7, 11) is 1.50. The number of aliphatic hydroxyl groups excluding tert-OH is 3. The Kier molecular flexibility index (Phi) is 5.91. The monoisotopic (exact) mass is 304 g/mol. The first-order chi connectivity index (χ1) is 8.13. The Morgan fingerprint density at radius 2 is 2.06 bits per heavy atom. The fourth-order valence-corrected chi connectivity index (χ4v) is 2.04. The third-order valence-corrected chi connectivity index (χ3v) is 3.05. The van der Waals surface area contributed by atoms with Gasteiger partial charge >= 0.3 is 0 Å². The molecule has 17 heavy (non-hydrogen) atoms.